The largest absolute Gasteiger partial charge is 0.481 e. The Balaban J connectivity index is 2.06. The monoisotopic (exact) mass is 213 g/mol. The molecule has 0 radical (unpaired) electrons. The Labute approximate surface area is 89.8 Å². The summed E-state index contributed by atoms with van der Waals surface area (Å²) in [5.74, 6) is -0.452. The van der Waals surface area contributed by atoms with Gasteiger partial charge in [0.15, 0.2) is 0 Å². The Bertz CT molecular complexity index is 246. The summed E-state index contributed by atoms with van der Waals surface area (Å²) in [5.41, 5.74) is 4.98. The van der Waals surface area contributed by atoms with E-state index in [1.807, 2.05) is 0 Å². The lowest BCUT2D eigenvalue weighted by atomic mass is 9.77. The van der Waals surface area contributed by atoms with Gasteiger partial charge in [0, 0.05) is 13.2 Å². The Morgan fingerprint density at radius 1 is 1.47 bits per heavy atom. The normalized spacial score (nSPS) is 30.1. The molecule has 86 valence electrons. The highest BCUT2D eigenvalue weighted by molar-refractivity contribution is 5.76. The van der Waals surface area contributed by atoms with Crippen molar-refractivity contribution in [2.24, 2.45) is 17.1 Å². The highest BCUT2D eigenvalue weighted by Crippen LogP contribution is 2.49. The van der Waals surface area contributed by atoms with Gasteiger partial charge in [-0.15, -0.1) is 0 Å². The first-order chi connectivity index (χ1) is 7.19. The van der Waals surface area contributed by atoms with Gasteiger partial charge in [-0.3, -0.25) is 4.79 Å². The molecule has 1 heterocycles. The van der Waals surface area contributed by atoms with E-state index < -0.39 is 11.4 Å². The smallest absolute Gasteiger partial charge is 0.311 e. The summed E-state index contributed by atoms with van der Waals surface area (Å²) < 4.78 is 5.52. The van der Waals surface area contributed by atoms with Crippen LogP contribution in [0.4, 0.5) is 0 Å². The zero-order chi connectivity index (χ0) is 10.9. The van der Waals surface area contributed by atoms with Gasteiger partial charge in [-0.05, 0) is 38.0 Å². The molecule has 1 aliphatic heterocycles. The minimum atomic E-state index is -0.733. The van der Waals surface area contributed by atoms with Gasteiger partial charge in [0.25, 0.3) is 0 Å². The first kappa shape index (κ1) is 10.9. The number of ether oxygens (including phenoxy) is 1. The summed E-state index contributed by atoms with van der Waals surface area (Å²) in [6, 6.07) is 0. The third kappa shape index (κ3) is 2.01. The van der Waals surface area contributed by atoms with Gasteiger partial charge < -0.3 is 15.6 Å². The standard InChI is InChI=1S/C11H19NO3/c12-7-11(10(13)14,8-3-4-8)6-9-2-1-5-15-9/h8-9H,1-7,12H2,(H,13,14). The van der Waals surface area contributed by atoms with Crippen molar-refractivity contribution in [3.63, 3.8) is 0 Å². The molecule has 2 rings (SSSR count). The molecule has 2 atom stereocenters. The summed E-state index contributed by atoms with van der Waals surface area (Å²) in [4.78, 5) is 11.4. The minimum absolute atomic E-state index is 0.116. The van der Waals surface area contributed by atoms with Crippen molar-refractivity contribution in [3.8, 4) is 0 Å². The third-order valence-electron chi connectivity index (χ3n) is 3.76. The molecule has 1 aliphatic carbocycles. The molecular weight excluding hydrogens is 194 g/mol. The summed E-state index contributed by atoms with van der Waals surface area (Å²) >= 11 is 0. The van der Waals surface area contributed by atoms with Gasteiger partial charge in [-0.2, -0.15) is 0 Å². The lowest BCUT2D eigenvalue weighted by molar-refractivity contribution is -0.152. The predicted molar refractivity (Wildman–Crippen MR) is 55.4 cm³/mol. The fourth-order valence-corrected chi connectivity index (χ4v) is 2.61. The lowest BCUT2D eigenvalue weighted by Gasteiger charge is -2.30. The Morgan fingerprint density at radius 3 is 2.60 bits per heavy atom. The van der Waals surface area contributed by atoms with Crippen molar-refractivity contribution in [1.82, 2.24) is 0 Å². The fraction of sp³-hybridized carbons (Fsp3) is 0.909. The third-order valence-corrected chi connectivity index (χ3v) is 3.76. The van der Waals surface area contributed by atoms with E-state index in [4.69, 9.17) is 10.5 Å². The summed E-state index contributed by atoms with van der Waals surface area (Å²) in [6.45, 7) is 1.02. The molecule has 0 spiro atoms. The van der Waals surface area contributed by atoms with Crippen molar-refractivity contribution in [1.29, 1.82) is 0 Å². The van der Waals surface area contributed by atoms with E-state index in [2.05, 4.69) is 0 Å². The van der Waals surface area contributed by atoms with Gasteiger partial charge in [-0.1, -0.05) is 0 Å². The van der Waals surface area contributed by atoms with Gasteiger partial charge in [0.2, 0.25) is 0 Å². The second kappa shape index (κ2) is 4.10. The molecule has 4 nitrogen and oxygen atoms in total. The molecule has 4 heteroatoms. The van der Waals surface area contributed by atoms with Crippen LogP contribution in [0.5, 0.6) is 0 Å². The zero-order valence-corrected chi connectivity index (χ0v) is 8.95. The fourth-order valence-electron chi connectivity index (χ4n) is 2.61. The van der Waals surface area contributed by atoms with Crippen molar-refractivity contribution in [2.75, 3.05) is 13.2 Å². The molecule has 0 amide bonds. The van der Waals surface area contributed by atoms with Crippen molar-refractivity contribution >= 4 is 5.97 Å². The molecular formula is C11H19NO3. The number of carboxylic acids is 1. The molecule has 2 unspecified atom stereocenters. The Kier molecular flexibility index (Phi) is 2.98. The lowest BCUT2D eigenvalue weighted by Crippen LogP contribution is -2.43. The molecule has 1 saturated heterocycles. The average Bonchev–Trinajstić information content (AvgIpc) is 2.94. The molecule has 0 bridgehead atoms. The van der Waals surface area contributed by atoms with Crippen LogP contribution in [0.25, 0.3) is 0 Å². The summed E-state index contributed by atoms with van der Waals surface area (Å²) in [6.07, 6.45) is 4.78. The van der Waals surface area contributed by atoms with E-state index >= 15 is 0 Å². The van der Waals surface area contributed by atoms with Crippen LogP contribution in [0.3, 0.4) is 0 Å². The molecule has 0 aromatic rings. The van der Waals surface area contributed by atoms with E-state index in [1.165, 1.54) is 0 Å². The number of carbonyl (C=O) groups is 1. The van der Waals surface area contributed by atoms with E-state index in [-0.39, 0.29) is 18.6 Å². The molecule has 0 aromatic heterocycles. The second-order valence-corrected chi connectivity index (χ2v) is 4.78. The van der Waals surface area contributed by atoms with Crippen LogP contribution in [0.15, 0.2) is 0 Å². The molecule has 1 saturated carbocycles. The predicted octanol–water partition coefficient (Wildman–Crippen LogP) is 0.995. The number of hydrogen-bond acceptors (Lipinski definition) is 3. The van der Waals surface area contributed by atoms with Crippen LogP contribution in [0.2, 0.25) is 0 Å². The van der Waals surface area contributed by atoms with Crippen LogP contribution in [-0.4, -0.2) is 30.3 Å². The van der Waals surface area contributed by atoms with E-state index in [1.54, 1.807) is 0 Å². The number of aliphatic carboxylic acids is 1. The van der Waals surface area contributed by atoms with Gasteiger partial charge in [0.05, 0.1) is 11.5 Å². The van der Waals surface area contributed by atoms with E-state index in [0.29, 0.717) is 6.42 Å². The minimum Gasteiger partial charge on any atom is -0.481 e. The van der Waals surface area contributed by atoms with Crippen molar-refractivity contribution in [2.45, 2.75) is 38.2 Å². The number of carboxylic acid groups (broad SMARTS) is 1. The van der Waals surface area contributed by atoms with Gasteiger partial charge in [0.1, 0.15) is 0 Å². The van der Waals surface area contributed by atoms with E-state index in [9.17, 15) is 9.90 Å². The quantitative estimate of drug-likeness (QED) is 0.714. The number of rotatable bonds is 5. The molecule has 0 aromatic carbocycles. The maximum absolute atomic E-state index is 11.4. The van der Waals surface area contributed by atoms with Crippen LogP contribution >= 0.6 is 0 Å². The topological polar surface area (TPSA) is 72.5 Å². The number of hydrogen-bond donors (Lipinski definition) is 2. The van der Waals surface area contributed by atoms with Crippen LogP contribution in [0.1, 0.15) is 32.1 Å². The number of nitrogens with two attached hydrogens (primary N) is 1. The first-order valence-electron chi connectivity index (χ1n) is 5.74. The van der Waals surface area contributed by atoms with Crippen molar-refractivity contribution in [3.05, 3.63) is 0 Å². The Hall–Kier alpha value is -0.610. The van der Waals surface area contributed by atoms with E-state index in [0.717, 1.165) is 32.3 Å². The molecule has 2 aliphatic rings. The van der Waals surface area contributed by atoms with Crippen LogP contribution in [0, 0.1) is 11.3 Å². The molecule has 2 fully saturated rings. The molecule has 15 heavy (non-hydrogen) atoms. The maximum Gasteiger partial charge on any atom is 0.311 e. The SMILES string of the molecule is NCC(CC1CCCO1)(C(=O)O)C1CC1. The van der Waals surface area contributed by atoms with Crippen LogP contribution in [-0.2, 0) is 9.53 Å². The van der Waals surface area contributed by atoms with Gasteiger partial charge >= 0.3 is 5.97 Å². The highest BCUT2D eigenvalue weighted by atomic mass is 16.5. The average molecular weight is 213 g/mol. The van der Waals surface area contributed by atoms with Crippen LogP contribution < -0.4 is 5.73 Å². The Morgan fingerprint density at radius 2 is 2.20 bits per heavy atom. The highest BCUT2D eigenvalue weighted by Gasteiger charge is 2.51. The summed E-state index contributed by atoms with van der Waals surface area (Å²) in [5, 5.41) is 9.36. The molecule has 3 N–H and O–H groups in total. The van der Waals surface area contributed by atoms with Gasteiger partial charge in [-0.25, -0.2) is 0 Å². The first-order valence-corrected chi connectivity index (χ1v) is 5.74. The second-order valence-electron chi connectivity index (χ2n) is 4.78. The van der Waals surface area contributed by atoms with Crippen molar-refractivity contribution < 1.29 is 14.6 Å². The summed E-state index contributed by atoms with van der Waals surface area (Å²) in [7, 11) is 0. The zero-order valence-electron chi connectivity index (χ0n) is 8.95. The maximum atomic E-state index is 11.4.